The van der Waals surface area contributed by atoms with Crippen LogP contribution in [-0.4, -0.2) is 32.0 Å². The van der Waals surface area contributed by atoms with E-state index < -0.39 is 111 Å². The Balaban J connectivity index is 3.16. The molecular weight excluding hydrogens is 246 g/mol. The van der Waals surface area contributed by atoms with Gasteiger partial charge in [-0.25, -0.2) is 0 Å². The van der Waals surface area contributed by atoms with Gasteiger partial charge in [0.25, 0.3) is 0 Å². The lowest BCUT2D eigenvalue weighted by molar-refractivity contribution is 0.0683. The Hall–Kier alpha value is -1.64. The standard InChI is InChI=1S/C18H23NO/c1-15-9-7-8-12-17(15)18(20-14-13-19(2)3)16-10-5-4-6-11-16/h4-12,18H,13-14H2,1-3H3/i1D3,2D3,3D3,4D,5D,6D,7D,8D,9D,10D,11D,12D,14D2,18D. The third-order valence-corrected chi connectivity index (χ3v) is 2.04. The second-order valence-electron chi connectivity index (χ2n) is 3.41. The molecule has 2 rings (SSSR count). The van der Waals surface area contributed by atoms with Gasteiger partial charge in [0.1, 0.15) is 6.08 Å². The molecule has 20 heavy (non-hydrogen) atoms. The van der Waals surface area contributed by atoms with E-state index in [0.717, 1.165) is 0 Å². The molecule has 0 aliphatic rings. The highest BCUT2D eigenvalue weighted by atomic mass is 16.5. The highest BCUT2D eigenvalue weighted by Crippen LogP contribution is 2.28. The maximum atomic E-state index is 9.16. The van der Waals surface area contributed by atoms with Crippen LogP contribution in [0.5, 0.6) is 0 Å². The molecule has 0 aromatic heterocycles. The van der Waals surface area contributed by atoms with Crippen molar-refractivity contribution in [2.24, 2.45) is 0 Å². The van der Waals surface area contributed by atoms with Gasteiger partial charge in [-0.3, -0.25) is 0 Å². The molecule has 106 valence electrons. The summed E-state index contributed by atoms with van der Waals surface area (Å²) in [6.45, 7) is -15.7. The van der Waals surface area contributed by atoms with Crippen LogP contribution in [0.3, 0.4) is 0 Å². The molecule has 2 heteroatoms. The van der Waals surface area contributed by atoms with Crippen molar-refractivity contribution < 1.29 is 33.5 Å². The van der Waals surface area contributed by atoms with Crippen LogP contribution in [0.1, 0.15) is 51.6 Å². The number of hydrogen-bond acceptors (Lipinski definition) is 2. The van der Waals surface area contributed by atoms with E-state index >= 15 is 0 Å². The van der Waals surface area contributed by atoms with E-state index in [1.165, 1.54) is 0 Å². The summed E-state index contributed by atoms with van der Waals surface area (Å²) in [5.74, 6) is 0. The van der Waals surface area contributed by atoms with Crippen molar-refractivity contribution in [3.8, 4) is 0 Å². The summed E-state index contributed by atoms with van der Waals surface area (Å²) < 4.78 is 172. The van der Waals surface area contributed by atoms with Gasteiger partial charge in [-0.2, -0.15) is 0 Å². The molecule has 0 aliphatic carbocycles. The lowest BCUT2D eigenvalue weighted by Gasteiger charge is -2.22. The fourth-order valence-corrected chi connectivity index (χ4v) is 1.24. The largest absolute Gasteiger partial charge is 0.367 e. The third-order valence-electron chi connectivity index (χ3n) is 2.04. The molecule has 0 N–H and O–H groups in total. The molecule has 0 fully saturated rings. The van der Waals surface area contributed by atoms with Crippen LogP contribution in [0, 0.1) is 6.85 Å². The van der Waals surface area contributed by atoms with Gasteiger partial charge in [0.2, 0.25) is 0 Å². The molecule has 0 radical (unpaired) electrons. The second-order valence-corrected chi connectivity index (χ2v) is 3.41. The lowest BCUT2D eigenvalue weighted by Crippen LogP contribution is -2.20. The molecule has 1 unspecified atom stereocenters. The molecule has 0 amide bonds. The summed E-state index contributed by atoms with van der Waals surface area (Å²) in [5, 5.41) is 0. The van der Waals surface area contributed by atoms with E-state index in [-0.39, 0.29) is 4.90 Å². The highest BCUT2D eigenvalue weighted by Gasteiger charge is 2.16. The van der Waals surface area contributed by atoms with Crippen molar-refractivity contribution in [2.45, 2.75) is 12.9 Å². The summed E-state index contributed by atoms with van der Waals surface area (Å²) in [6.07, 6.45) is -3.72. The van der Waals surface area contributed by atoms with Gasteiger partial charge >= 0.3 is 0 Å². The number of ether oxygens (including phenoxy) is 1. The Bertz CT molecular complexity index is 1300. The van der Waals surface area contributed by atoms with Crippen molar-refractivity contribution in [3.63, 3.8) is 0 Å². The van der Waals surface area contributed by atoms with Crippen LogP contribution in [0.2, 0.25) is 0 Å². The molecule has 0 saturated carbocycles. The first kappa shape index (κ1) is 3.40. The zero-order valence-electron chi connectivity index (χ0n) is 31.1. The summed E-state index contributed by atoms with van der Waals surface area (Å²) in [7, 11) is 0. The zero-order chi connectivity index (χ0) is 32.4. The topological polar surface area (TPSA) is 12.5 Å². The van der Waals surface area contributed by atoms with Crippen LogP contribution in [0.15, 0.2) is 54.4 Å². The molecule has 0 aliphatic heterocycles. The van der Waals surface area contributed by atoms with Crippen molar-refractivity contribution in [1.82, 2.24) is 4.90 Å². The van der Waals surface area contributed by atoms with Gasteiger partial charge in [0.05, 0.1) is 23.0 Å². The molecular formula is C18H23NO. The summed E-state index contributed by atoms with van der Waals surface area (Å²) in [4.78, 5) is -0.312. The van der Waals surface area contributed by atoms with E-state index in [1.54, 1.807) is 0 Å². The van der Waals surface area contributed by atoms with Crippen molar-refractivity contribution in [2.75, 3.05) is 27.1 Å². The Labute approximate surface area is 151 Å². The number of nitrogens with zero attached hydrogens (tertiary/aromatic N) is 1. The molecule has 2 aromatic carbocycles. The number of hydrogen-bond donors (Lipinski definition) is 0. The fourth-order valence-electron chi connectivity index (χ4n) is 1.24. The zero-order valence-corrected chi connectivity index (χ0v) is 10.1. The molecule has 0 heterocycles. The first-order valence-corrected chi connectivity index (χ1v) is 5.28. The van der Waals surface area contributed by atoms with E-state index in [0.29, 0.717) is 0 Å². The van der Waals surface area contributed by atoms with Crippen LogP contribution < -0.4 is 0 Å². The van der Waals surface area contributed by atoms with Gasteiger partial charge in [-0.1, -0.05) is 54.4 Å². The first-order chi connectivity index (χ1) is 18.1. The molecule has 0 bridgehead atoms. The summed E-state index contributed by atoms with van der Waals surface area (Å²) in [5.41, 5.74) is -3.96. The maximum Gasteiger partial charge on any atom is 0.108 e. The van der Waals surface area contributed by atoms with E-state index in [2.05, 4.69) is 0 Å². The fraction of sp³-hybridized carbons (Fsp3) is 0.333. The van der Waals surface area contributed by atoms with Crippen molar-refractivity contribution in [3.05, 3.63) is 71.1 Å². The summed E-state index contributed by atoms with van der Waals surface area (Å²) >= 11 is 0. The van der Waals surface area contributed by atoms with Gasteiger partial charge in [-0.05, 0) is 37.5 Å². The van der Waals surface area contributed by atoms with Gasteiger partial charge in [-0.15, -0.1) is 0 Å². The Morgan fingerprint density at radius 2 is 1.95 bits per heavy atom. The second kappa shape index (κ2) is 7.22. The number of benzene rings is 2. The van der Waals surface area contributed by atoms with E-state index in [1.807, 2.05) is 0 Å². The Kier molecular flexibility index (Phi) is 1.23. The van der Waals surface area contributed by atoms with Crippen LogP contribution in [-0.2, 0) is 4.74 Å². The number of rotatable bonds is 6. The van der Waals surface area contributed by atoms with E-state index in [4.69, 9.17) is 33.5 Å². The minimum atomic E-state index is -3.72. The van der Waals surface area contributed by atoms with Gasteiger partial charge in [0, 0.05) is 18.9 Å². The normalized spacial score (nSPS) is 31.9. The van der Waals surface area contributed by atoms with Crippen molar-refractivity contribution in [1.29, 1.82) is 0 Å². The molecule has 2 nitrogen and oxygen atoms in total. The quantitative estimate of drug-likeness (QED) is 0.805. The minimum Gasteiger partial charge on any atom is -0.367 e. The molecule has 0 spiro atoms. The predicted molar refractivity (Wildman–Crippen MR) is 84.0 cm³/mol. The Morgan fingerprint density at radius 1 is 1.20 bits per heavy atom. The average molecular weight is 291 g/mol. The first-order valence-electron chi connectivity index (χ1n) is 15.8. The third kappa shape index (κ3) is 3.92. The van der Waals surface area contributed by atoms with Gasteiger partial charge in [0.15, 0.2) is 0 Å². The molecule has 1 atom stereocenters. The molecule has 0 saturated heterocycles. The van der Waals surface area contributed by atoms with Gasteiger partial charge < -0.3 is 9.64 Å². The Morgan fingerprint density at radius 3 is 2.70 bits per heavy atom. The van der Waals surface area contributed by atoms with Crippen LogP contribution in [0.25, 0.3) is 0 Å². The van der Waals surface area contributed by atoms with Crippen LogP contribution >= 0.6 is 0 Å². The monoisotopic (exact) mass is 290 g/mol. The predicted octanol–water partition coefficient (Wildman–Crippen LogP) is 3.66. The van der Waals surface area contributed by atoms with Crippen molar-refractivity contribution >= 4 is 0 Å². The number of likely N-dealkylation sites (N-methyl/N-ethyl adjacent to an activating group) is 1. The highest BCUT2D eigenvalue weighted by molar-refractivity contribution is 5.35. The molecule has 2 aromatic rings. The summed E-state index contributed by atoms with van der Waals surface area (Å²) in [6, 6.07) is -10.5. The maximum absolute atomic E-state index is 9.16. The van der Waals surface area contributed by atoms with Crippen LogP contribution in [0.4, 0.5) is 0 Å². The lowest BCUT2D eigenvalue weighted by atomic mass is 9.97. The SMILES string of the molecule is [2H]c1c([2H])c([2H])c(C([2H])(OC([2H])([2H])CN(C([2H])([2H])[2H])C([2H])([2H])[2H])c2c([2H])c([2H])c([2H])c([2H])c2C([2H])([2H])[2H])c([2H])c1[2H]. The smallest absolute Gasteiger partial charge is 0.108 e. The minimum absolute atomic E-state index is 0.312. The van der Waals surface area contributed by atoms with E-state index in [9.17, 15) is 0 Å². The average Bonchev–Trinajstić information content (AvgIpc) is 2.78.